The second kappa shape index (κ2) is 6.15. The van der Waals surface area contributed by atoms with Crippen LogP contribution >= 0.6 is 0 Å². The van der Waals surface area contributed by atoms with Crippen molar-refractivity contribution in [3.05, 3.63) is 12.5 Å². The van der Waals surface area contributed by atoms with Crippen LogP contribution in [-0.2, 0) is 4.74 Å². The molecule has 1 aliphatic heterocycles. The Morgan fingerprint density at radius 3 is 2.95 bits per heavy atom. The molecule has 1 saturated heterocycles. The lowest BCUT2D eigenvalue weighted by atomic mass is 10.1. The largest absolute Gasteiger partial charge is 0.488 e. The fourth-order valence-electron chi connectivity index (χ4n) is 2.11. The third-order valence-corrected chi connectivity index (χ3v) is 3.12. The first-order valence-corrected chi connectivity index (χ1v) is 7.01. The van der Waals surface area contributed by atoms with Crippen molar-refractivity contribution in [2.75, 3.05) is 25.4 Å². The highest BCUT2D eigenvalue weighted by Gasteiger charge is 2.30. The highest BCUT2D eigenvalue weighted by molar-refractivity contribution is 5.68. The van der Waals surface area contributed by atoms with Crippen LogP contribution in [0.3, 0.4) is 0 Å². The van der Waals surface area contributed by atoms with Crippen LogP contribution in [0.2, 0.25) is 0 Å². The smallest absolute Gasteiger partial charge is 0.410 e. The number of anilines is 1. The first-order chi connectivity index (χ1) is 9.85. The molecule has 0 bridgehead atoms. The van der Waals surface area contributed by atoms with Gasteiger partial charge in [-0.15, -0.1) is 0 Å². The molecule has 1 fully saturated rings. The van der Waals surface area contributed by atoms with Gasteiger partial charge in [-0.05, 0) is 27.2 Å². The summed E-state index contributed by atoms with van der Waals surface area (Å²) < 4.78 is 11.0. The molecule has 0 saturated carbocycles. The van der Waals surface area contributed by atoms with Gasteiger partial charge in [0.2, 0.25) is 0 Å². The number of hydrogen-bond donors (Lipinski definition) is 1. The number of amides is 1. The van der Waals surface area contributed by atoms with E-state index >= 15 is 0 Å². The minimum atomic E-state index is -0.471. The lowest BCUT2D eigenvalue weighted by molar-refractivity contribution is 0.0285. The van der Waals surface area contributed by atoms with E-state index < -0.39 is 5.60 Å². The van der Waals surface area contributed by atoms with Gasteiger partial charge in [0.25, 0.3) is 0 Å². The highest BCUT2D eigenvalue weighted by atomic mass is 16.6. The number of nitrogens with zero attached hydrogens (tertiary/aromatic N) is 3. The fourth-order valence-corrected chi connectivity index (χ4v) is 2.11. The number of nitrogen functional groups attached to an aromatic ring is 1. The normalized spacial score (nSPS) is 18.6. The molecule has 0 aliphatic carbocycles. The molecule has 0 aromatic carbocycles. The summed E-state index contributed by atoms with van der Waals surface area (Å²) in [5, 5.41) is 0. The van der Waals surface area contributed by atoms with Crippen LogP contribution in [0.4, 0.5) is 10.6 Å². The number of nitrogens with two attached hydrogens (primary N) is 1. The molecular weight excluding hydrogens is 272 g/mol. The van der Waals surface area contributed by atoms with Crippen LogP contribution in [0, 0.1) is 5.92 Å². The van der Waals surface area contributed by atoms with Crippen molar-refractivity contribution in [3.63, 3.8) is 0 Å². The predicted molar refractivity (Wildman–Crippen MR) is 77.9 cm³/mol. The Bertz CT molecular complexity index is 501. The van der Waals surface area contributed by atoms with E-state index in [1.807, 2.05) is 20.8 Å². The van der Waals surface area contributed by atoms with Crippen molar-refractivity contribution in [2.24, 2.45) is 5.92 Å². The number of carbonyl (C=O) groups is 1. The summed E-state index contributed by atoms with van der Waals surface area (Å²) in [5.41, 5.74) is 5.22. The van der Waals surface area contributed by atoms with Crippen molar-refractivity contribution in [1.82, 2.24) is 14.9 Å². The van der Waals surface area contributed by atoms with Gasteiger partial charge >= 0.3 is 6.09 Å². The van der Waals surface area contributed by atoms with Crippen molar-refractivity contribution in [2.45, 2.75) is 32.8 Å². The monoisotopic (exact) mass is 294 g/mol. The molecule has 1 aliphatic rings. The van der Waals surface area contributed by atoms with E-state index in [0.29, 0.717) is 31.3 Å². The molecular formula is C14H22N4O3. The van der Waals surface area contributed by atoms with Gasteiger partial charge in [0, 0.05) is 19.0 Å². The van der Waals surface area contributed by atoms with Gasteiger partial charge in [-0.2, -0.15) is 0 Å². The van der Waals surface area contributed by atoms with Crippen LogP contribution in [-0.4, -0.2) is 46.3 Å². The third kappa shape index (κ3) is 4.47. The maximum Gasteiger partial charge on any atom is 0.410 e. The molecule has 21 heavy (non-hydrogen) atoms. The predicted octanol–water partition coefficient (Wildman–Crippen LogP) is 1.69. The summed E-state index contributed by atoms with van der Waals surface area (Å²) in [4.78, 5) is 21.4. The molecule has 1 atom stereocenters. The Labute approximate surface area is 124 Å². The first kappa shape index (κ1) is 15.3. The number of aromatic nitrogens is 2. The number of ether oxygens (including phenoxy) is 2. The molecule has 7 heteroatoms. The highest BCUT2D eigenvalue weighted by Crippen LogP contribution is 2.22. The SMILES string of the molecule is CC(C)(C)OC(=O)N1CCC(COc2cncnc2N)C1. The van der Waals surface area contributed by atoms with Gasteiger partial charge in [-0.25, -0.2) is 14.8 Å². The van der Waals surface area contributed by atoms with Gasteiger partial charge < -0.3 is 20.1 Å². The Morgan fingerprint density at radius 2 is 2.29 bits per heavy atom. The lowest BCUT2D eigenvalue weighted by Crippen LogP contribution is -2.35. The van der Waals surface area contributed by atoms with E-state index in [1.54, 1.807) is 11.1 Å². The van der Waals surface area contributed by atoms with E-state index in [9.17, 15) is 4.79 Å². The summed E-state index contributed by atoms with van der Waals surface area (Å²) in [6, 6.07) is 0. The zero-order valence-corrected chi connectivity index (χ0v) is 12.7. The van der Waals surface area contributed by atoms with Crippen LogP contribution in [0.25, 0.3) is 0 Å². The van der Waals surface area contributed by atoms with E-state index in [-0.39, 0.29) is 12.0 Å². The maximum absolute atomic E-state index is 12.0. The van der Waals surface area contributed by atoms with Crippen molar-refractivity contribution in [3.8, 4) is 5.75 Å². The summed E-state index contributed by atoms with van der Waals surface area (Å²) >= 11 is 0. The van der Waals surface area contributed by atoms with Gasteiger partial charge in [0.15, 0.2) is 11.6 Å². The minimum absolute atomic E-state index is 0.261. The van der Waals surface area contributed by atoms with Crippen LogP contribution < -0.4 is 10.5 Å². The molecule has 1 aromatic rings. The van der Waals surface area contributed by atoms with Gasteiger partial charge in [0.05, 0.1) is 12.8 Å². The maximum atomic E-state index is 12.0. The third-order valence-electron chi connectivity index (χ3n) is 3.12. The molecule has 7 nitrogen and oxygen atoms in total. The second-order valence-corrected chi connectivity index (χ2v) is 6.16. The number of hydrogen-bond acceptors (Lipinski definition) is 6. The summed E-state index contributed by atoms with van der Waals surface area (Å²) in [6.45, 7) is 7.38. The molecule has 116 valence electrons. The van der Waals surface area contributed by atoms with Crippen molar-refractivity contribution >= 4 is 11.9 Å². The Morgan fingerprint density at radius 1 is 1.52 bits per heavy atom. The standard InChI is InChI=1S/C14H22N4O3/c1-14(2,3)21-13(19)18-5-4-10(7-18)8-20-11-6-16-9-17-12(11)15/h6,9-10H,4-5,7-8H2,1-3H3,(H2,15,16,17). The van der Waals surface area contributed by atoms with E-state index in [0.717, 1.165) is 6.42 Å². The van der Waals surface area contributed by atoms with Crippen LogP contribution in [0.15, 0.2) is 12.5 Å². The number of carbonyl (C=O) groups excluding carboxylic acids is 1. The number of rotatable bonds is 3. The molecule has 1 unspecified atom stereocenters. The Balaban J connectivity index is 1.80. The summed E-state index contributed by atoms with van der Waals surface area (Å²) in [6.07, 6.45) is 3.53. The van der Waals surface area contributed by atoms with E-state index in [2.05, 4.69) is 9.97 Å². The molecule has 0 spiro atoms. The van der Waals surface area contributed by atoms with Gasteiger partial charge in [-0.1, -0.05) is 0 Å². The van der Waals surface area contributed by atoms with Gasteiger partial charge in [0.1, 0.15) is 11.9 Å². The molecule has 1 aromatic heterocycles. The van der Waals surface area contributed by atoms with Crippen molar-refractivity contribution < 1.29 is 14.3 Å². The second-order valence-electron chi connectivity index (χ2n) is 6.16. The van der Waals surface area contributed by atoms with E-state index in [1.165, 1.54) is 6.33 Å². The molecule has 2 rings (SSSR count). The average molecular weight is 294 g/mol. The van der Waals surface area contributed by atoms with Crippen LogP contribution in [0.1, 0.15) is 27.2 Å². The first-order valence-electron chi connectivity index (χ1n) is 7.01. The lowest BCUT2D eigenvalue weighted by Gasteiger charge is -2.24. The quantitative estimate of drug-likeness (QED) is 0.912. The zero-order valence-electron chi connectivity index (χ0n) is 12.7. The van der Waals surface area contributed by atoms with Crippen LogP contribution in [0.5, 0.6) is 5.75 Å². The zero-order chi connectivity index (χ0) is 15.5. The average Bonchev–Trinajstić information content (AvgIpc) is 2.85. The van der Waals surface area contributed by atoms with E-state index in [4.69, 9.17) is 15.2 Å². The van der Waals surface area contributed by atoms with Crippen molar-refractivity contribution in [1.29, 1.82) is 0 Å². The summed E-state index contributed by atoms with van der Waals surface area (Å²) in [7, 11) is 0. The summed E-state index contributed by atoms with van der Waals surface area (Å²) in [5.74, 6) is 1.07. The Kier molecular flexibility index (Phi) is 4.50. The topological polar surface area (TPSA) is 90.6 Å². The number of likely N-dealkylation sites (tertiary alicyclic amines) is 1. The minimum Gasteiger partial charge on any atom is -0.488 e. The molecule has 2 heterocycles. The molecule has 1 amide bonds. The fraction of sp³-hybridized carbons (Fsp3) is 0.643. The van der Waals surface area contributed by atoms with Gasteiger partial charge in [-0.3, -0.25) is 0 Å². The molecule has 0 radical (unpaired) electrons. The Hall–Kier alpha value is -2.05. The molecule has 2 N–H and O–H groups in total.